The third-order valence-corrected chi connectivity index (χ3v) is 4.41. The number of aliphatic imine (C=N–C) groups is 1. The molecular weight excluding hydrogens is 444 g/mol. The summed E-state index contributed by atoms with van der Waals surface area (Å²) in [6, 6.07) is 11.0. The summed E-state index contributed by atoms with van der Waals surface area (Å²) in [6.45, 7) is 6.55. The van der Waals surface area contributed by atoms with Gasteiger partial charge in [0.05, 0.1) is 29.8 Å². The van der Waals surface area contributed by atoms with Gasteiger partial charge in [0.15, 0.2) is 11.6 Å². The van der Waals surface area contributed by atoms with E-state index in [1.807, 2.05) is 18.2 Å². The molecule has 0 saturated carbocycles. The van der Waals surface area contributed by atoms with Crippen molar-refractivity contribution in [3.63, 3.8) is 0 Å². The molecule has 0 amide bonds. The quantitative estimate of drug-likeness (QED) is 0.333. The van der Waals surface area contributed by atoms with Gasteiger partial charge in [-0.25, -0.2) is 18.7 Å². The van der Waals surface area contributed by atoms with Crippen LogP contribution in [-0.2, 0) is 21.5 Å². The molecule has 0 radical (unpaired) electrons. The van der Waals surface area contributed by atoms with Gasteiger partial charge in [-0.05, 0) is 30.3 Å². The number of carbonyl (C=O) groups excluding carboxylic acids is 2. The maximum Gasteiger partial charge on any atom is 0.373 e. The van der Waals surface area contributed by atoms with Crippen LogP contribution in [0.25, 0.3) is 11.3 Å². The third kappa shape index (κ3) is 6.81. The predicted octanol–water partition coefficient (Wildman–Crippen LogP) is 3.05. The summed E-state index contributed by atoms with van der Waals surface area (Å²) in [5, 5.41) is 3.70. The number of nitrogen functional groups attached to an aromatic ring is 1. The average molecular weight is 467 g/mol. The second-order valence-electron chi connectivity index (χ2n) is 7.93. The van der Waals surface area contributed by atoms with E-state index in [2.05, 4.69) is 45.8 Å². The number of rotatable bonds is 5. The monoisotopic (exact) mass is 467 g/mol. The standard InChI is InChI=1S/C22H23F2N7.CO2/c1-22(2,3)19-9-4-6-13(28-19)11-27-12-18(31-26)17-10-16(29-21(25)30-17)14-7-5-8-15(23)20(14)24;2-1-3/h4-10,12H,11,26H2,1-3H3,(H2,25,29,30);. The number of halogens is 2. The zero-order chi connectivity index (χ0) is 25.3. The van der Waals surface area contributed by atoms with Crippen molar-refractivity contribution in [2.75, 3.05) is 5.73 Å². The molecule has 0 atom stereocenters. The molecule has 9 nitrogen and oxygen atoms in total. The lowest BCUT2D eigenvalue weighted by molar-refractivity contribution is -0.191. The molecule has 1 aromatic carbocycles. The fourth-order valence-corrected chi connectivity index (χ4v) is 2.81. The molecule has 34 heavy (non-hydrogen) atoms. The highest BCUT2D eigenvalue weighted by atomic mass is 19.2. The first-order valence-electron chi connectivity index (χ1n) is 9.93. The maximum absolute atomic E-state index is 14.2. The summed E-state index contributed by atoms with van der Waals surface area (Å²) in [6.07, 6.45) is 1.68. The third-order valence-electron chi connectivity index (χ3n) is 4.41. The fourth-order valence-electron chi connectivity index (χ4n) is 2.81. The van der Waals surface area contributed by atoms with Crippen molar-refractivity contribution in [2.45, 2.75) is 32.7 Å². The SMILES string of the molecule is CC(C)(C)c1cccc(CN=CC(=NN)c2cc(-c3cccc(F)c3F)nc(N)n2)n1.O=C=O. The van der Waals surface area contributed by atoms with Crippen molar-refractivity contribution in [3.05, 3.63) is 71.2 Å². The summed E-state index contributed by atoms with van der Waals surface area (Å²) < 4.78 is 27.8. The molecule has 2 aromatic heterocycles. The van der Waals surface area contributed by atoms with E-state index in [0.717, 1.165) is 17.5 Å². The number of hydrogen-bond acceptors (Lipinski definition) is 9. The number of hydrazone groups is 1. The Morgan fingerprint density at radius 2 is 1.76 bits per heavy atom. The summed E-state index contributed by atoms with van der Waals surface area (Å²) >= 11 is 0. The number of benzene rings is 1. The predicted molar refractivity (Wildman–Crippen MR) is 123 cm³/mol. The first-order chi connectivity index (χ1) is 16.1. The van der Waals surface area contributed by atoms with Gasteiger partial charge >= 0.3 is 6.15 Å². The Balaban J connectivity index is 0.00000129. The van der Waals surface area contributed by atoms with Crippen molar-refractivity contribution in [1.82, 2.24) is 15.0 Å². The number of pyridine rings is 1. The van der Waals surface area contributed by atoms with Crippen LogP contribution in [0.15, 0.2) is 52.6 Å². The van der Waals surface area contributed by atoms with Crippen LogP contribution in [0.3, 0.4) is 0 Å². The van der Waals surface area contributed by atoms with Gasteiger partial charge in [0, 0.05) is 16.7 Å². The lowest BCUT2D eigenvalue weighted by Crippen LogP contribution is -2.14. The Kier molecular flexibility index (Phi) is 8.74. The topological polar surface area (TPSA) is 150 Å². The molecule has 3 rings (SSSR count). The van der Waals surface area contributed by atoms with Gasteiger partial charge in [0.1, 0.15) is 5.71 Å². The Hall–Kier alpha value is -4.37. The van der Waals surface area contributed by atoms with Gasteiger partial charge in [0.2, 0.25) is 5.95 Å². The largest absolute Gasteiger partial charge is 0.373 e. The van der Waals surface area contributed by atoms with Gasteiger partial charge < -0.3 is 11.6 Å². The Labute approximate surface area is 194 Å². The molecule has 11 heteroatoms. The zero-order valence-corrected chi connectivity index (χ0v) is 18.8. The van der Waals surface area contributed by atoms with E-state index in [-0.39, 0.29) is 40.2 Å². The minimum Gasteiger partial charge on any atom is -0.368 e. The smallest absolute Gasteiger partial charge is 0.368 e. The van der Waals surface area contributed by atoms with Crippen LogP contribution in [-0.4, -0.2) is 33.0 Å². The molecule has 0 aliphatic carbocycles. The van der Waals surface area contributed by atoms with Crippen LogP contribution in [0.5, 0.6) is 0 Å². The molecule has 0 unspecified atom stereocenters. The van der Waals surface area contributed by atoms with E-state index in [4.69, 9.17) is 21.2 Å². The molecule has 176 valence electrons. The first kappa shape index (κ1) is 25.9. The molecule has 3 aromatic rings. The van der Waals surface area contributed by atoms with E-state index in [1.165, 1.54) is 24.4 Å². The average Bonchev–Trinajstić information content (AvgIpc) is 2.78. The van der Waals surface area contributed by atoms with Crippen molar-refractivity contribution < 1.29 is 18.4 Å². The summed E-state index contributed by atoms with van der Waals surface area (Å²) in [5.74, 6) is 3.35. The van der Waals surface area contributed by atoms with E-state index < -0.39 is 11.6 Å². The van der Waals surface area contributed by atoms with Gasteiger partial charge in [0.25, 0.3) is 0 Å². The molecular formula is C23H23F2N7O2. The first-order valence-corrected chi connectivity index (χ1v) is 9.93. The highest BCUT2D eigenvalue weighted by Gasteiger charge is 2.16. The van der Waals surface area contributed by atoms with Gasteiger partial charge in [-0.2, -0.15) is 14.7 Å². The van der Waals surface area contributed by atoms with E-state index in [9.17, 15) is 8.78 Å². The highest BCUT2D eigenvalue weighted by Crippen LogP contribution is 2.24. The molecule has 0 fully saturated rings. The zero-order valence-electron chi connectivity index (χ0n) is 18.8. The molecule has 4 N–H and O–H groups in total. The summed E-state index contributed by atoms with van der Waals surface area (Å²) in [5.41, 5.74) is 7.92. The number of anilines is 1. The van der Waals surface area contributed by atoms with Gasteiger partial charge in [-0.1, -0.05) is 32.9 Å². The van der Waals surface area contributed by atoms with Crippen molar-refractivity contribution >= 4 is 24.0 Å². The molecule has 0 saturated heterocycles. The van der Waals surface area contributed by atoms with Crippen LogP contribution in [0, 0.1) is 11.6 Å². The molecule has 2 heterocycles. The Morgan fingerprint density at radius 3 is 2.41 bits per heavy atom. The Bertz CT molecular complexity index is 1250. The second kappa shape index (κ2) is 11.5. The van der Waals surface area contributed by atoms with Gasteiger partial charge in [-0.3, -0.25) is 9.98 Å². The maximum atomic E-state index is 14.2. The van der Waals surface area contributed by atoms with E-state index in [0.29, 0.717) is 6.54 Å². The fraction of sp³-hybridized carbons (Fsp3) is 0.217. The summed E-state index contributed by atoms with van der Waals surface area (Å²) in [4.78, 5) is 33.3. The minimum absolute atomic E-state index is 0.0492. The van der Waals surface area contributed by atoms with Crippen molar-refractivity contribution in [1.29, 1.82) is 0 Å². The Morgan fingerprint density at radius 1 is 1.09 bits per heavy atom. The normalized spacial score (nSPS) is 11.6. The van der Waals surface area contributed by atoms with Crippen LogP contribution in [0.2, 0.25) is 0 Å². The van der Waals surface area contributed by atoms with Crippen LogP contribution in [0.1, 0.15) is 37.9 Å². The van der Waals surface area contributed by atoms with E-state index >= 15 is 0 Å². The molecule has 0 aliphatic heterocycles. The van der Waals surface area contributed by atoms with Gasteiger partial charge in [-0.15, -0.1) is 0 Å². The summed E-state index contributed by atoms with van der Waals surface area (Å²) in [7, 11) is 0. The lowest BCUT2D eigenvalue weighted by Gasteiger charge is -2.17. The van der Waals surface area contributed by atoms with Crippen molar-refractivity contribution in [2.24, 2.45) is 15.9 Å². The highest BCUT2D eigenvalue weighted by molar-refractivity contribution is 6.37. The van der Waals surface area contributed by atoms with E-state index in [1.54, 1.807) is 0 Å². The molecule has 0 spiro atoms. The minimum atomic E-state index is -1.03. The van der Waals surface area contributed by atoms with Crippen LogP contribution >= 0.6 is 0 Å². The number of nitrogens with zero attached hydrogens (tertiary/aromatic N) is 5. The second-order valence-corrected chi connectivity index (χ2v) is 7.93. The van der Waals surface area contributed by atoms with Crippen molar-refractivity contribution in [3.8, 4) is 11.3 Å². The number of aromatic nitrogens is 3. The van der Waals surface area contributed by atoms with Crippen LogP contribution < -0.4 is 11.6 Å². The molecule has 0 bridgehead atoms. The number of hydrogen-bond donors (Lipinski definition) is 2. The number of nitrogens with two attached hydrogens (primary N) is 2. The van der Waals surface area contributed by atoms with Crippen LogP contribution in [0.4, 0.5) is 14.7 Å². The molecule has 0 aliphatic rings. The lowest BCUT2D eigenvalue weighted by atomic mass is 9.91.